The third-order valence-electron chi connectivity index (χ3n) is 2.00. The summed E-state index contributed by atoms with van der Waals surface area (Å²) in [7, 11) is 0. The minimum atomic E-state index is -1.09. The topological polar surface area (TPSA) is 131 Å². The number of carbonyl (C=O) groups excluding carboxylic acids is 2. The predicted octanol–water partition coefficient (Wildman–Crippen LogP) is -1.10. The Morgan fingerprint density at radius 1 is 1.33 bits per heavy atom. The standard InChI is InChI=1S/C10H19N3O5/c1-6(2)8(9(15)16)13-10(17)12-3-4-18-5-7(11)14/h6,8H,3-5H2,1-2H3,(H2,11,14)(H,15,16)(H2,12,13,17). The first-order chi connectivity index (χ1) is 8.34. The van der Waals surface area contributed by atoms with E-state index in [4.69, 9.17) is 15.6 Å². The van der Waals surface area contributed by atoms with Gasteiger partial charge in [0.1, 0.15) is 12.6 Å². The first-order valence-corrected chi connectivity index (χ1v) is 5.47. The molecule has 0 aromatic rings. The summed E-state index contributed by atoms with van der Waals surface area (Å²) >= 11 is 0. The highest BCUT2D eigenvalue weighted by Gasteiger charge is 2.22. The zero-order valence-electron chi connectivity index (χ0n) is 10.4. The van der Waals surface area contributed by atoms with Crippen LogP contribution in [-0.2, 0) is 14.3 Å². The minimum Gasteiger partial charge on any atom is -0.480 e. The van der Waals surface area contributed by atoms with Gasteiger partial charge in [0.2, 0.25) is 5.91 Å². The van der Waals surface area contributed by atoms with Crippen LogP contribution in [0.3, 0.4) is 0 Å². The van der Waals surface area contributed by atoms with E-state index in [1.54, 1.807) is 13.8 Å². The average Bonchev–Trinajstić information content (AvgIpc) is 2.24. The van der Waals surface area contributed by atoms with Gasteiger partial charge in [0, 0.05) is 6.54 Å². The summed E-state index contributed by atoms with van der Waals surface area (Å²) in [5.41, 5.74) is 4.84. The number of nitrogens with two attached hydrogens (primary N) is 1. The molecule has 5 N–H and O–H groups in total. The van der Waals surface area contributed by atoms with Crippen molar-refractivity contribution in [2.75, 3.05) is 19.8 Å². The Hall–Kier alpha value is -1.83. The van der Waals surface area contributed by atoms with Gasteiger partial charge < -0.3 is 26.2 Å². The molecule has 0 bridgehead atoms. The van der Waals surface area contributed by atoms with Gasteiger partial charge in [0.25, 0.3) is 0 Å². The van der Waals surface area contributed by atoms with Gasteiger partial charge in [-0.05, 0) is 5.92 Å². The van der Waals surface area contributed by atoms with Crippen molar-refractivity contribution in [1.29, 1.82) is 0 Å². The summed E-state index contributed by atoms with van der Waals surface area (Å²) in [6, 6.07) is -1.55. The van der Waals surface area contributed by atoms with Crippen molar-refractivity contribution in [2.45, 2.75) is 19.9 Å². The van der Waals surface area contributed by atoms with Crippen LogP contribution >= 0.6 is 0 Å². The molecule has 0 heterocycles. The molecule has 1 atom stereocenters. The smallest absolute Gasteiger partial charge is 0.326 e. The molecular weight excluding hydrogens is 242 g/mol. The number of hydrogen-bond acceptors (Lipinski definition) is 4. The normalized spacial score (nSPS) is 11.9. The monoisotopic (exact) mass is 261 g/mol. The number of aliphatic carboxylic acids is 1. The Bertz CT molecular complexity index is 306. The van der Waals surface area contributed by atoms with Crippen LogP contribution in [-0.4, -0.2) is 48.8 Å². The largest absolute Gasteiger partial charge is 0.480 e. The Kier molecular flexibility index (Phi) is 7.45. The molecule has 0 aromatic carbocycles. The summed E-state index contributed by atoms with van der Waals surface area (Å²) in [5, 5.41) is 13.6. The number of nitrogens with one attached hydrogen (secondary N) is 2. The van der Waals surface area contributed by atoms with Crippen LogP contribution in [0.4, 0.5) is 4.79 Å². The molecular formula is C10H19N3O5. The van der Waals surface area contributed by atoms with Gasteiger partial charge in [-0.2, -0.15) is 0 Å². The molecule has 8 nitrogen and oxygen atoms in total. The van der Waals surface area contributed by atoms with Crippen molar-refractivity contribution >= 4 is 17.9 Å². The second-order valence-electron chi connectivity index (χ2n) is 3.98. The number of carboxylic acid groups (broad SMARTS) is 1. The van der Waals surface area contributed by atoms with E-state index in [2.05, 4.69) is 10.6 Å². The lowest BCUT2D eigenvalue weighted by molar-refractivity contribution is -0.140. The van der Waals surface area contributed by atoms with E-state index in [0.717, 1.165) is 0 Å². The van der Waals surface area contributed by atoms with E-state index in [0.29, 0.717) is 0 Å². The fraction of sp³-hybridized carbons (Fsp3) is 0.700. The average molecular weight is 261 g/mol. The Balaban J connectivity index is 3.82. The highest BCUT2D eigenvalue weighted by Crippen LogP contribution is 2.00. The van der Waals surface area contributed by atoms with Crippen LogP contribution in [0.5, 0.6) is 0 Å². The first-order valence-electron chi connectivity index (χ1n) is 5.47. The number of primary amides is 1. The fourth-order valence-electron chi connectivity index (χ4n) is 1.12. The third kappa shape index (κ3) is 7.44. The van der Waals surface area contributed by atoms with Crippen molar-refractivity contribution in [2.24, 2.45) is 11.7 Å². The highest BCUT2D eigenvalue weighted by atomic mass is 16.5. The zero-order chi connectivity index (χ0) is 14.1. The molecule has 0 radical (unpaired) electrons. The van der Waals surface area contributed by atoms with E-state index < -0.39 is 23.9 Å². The number of carbonyl (C=O) groups is 3. The van der Waals surface area contributed by atoms with Crippen molar-refractivity contribution in [1.82, 2.24) is 10.6 Å². The van der Waals surface area contributed by atoms with Gasteiger partial charge in [0.15, 0.2) is 0 Å². The molecule has 0 aliphatic rings. The number of rotatable bonds is 8. The maximum atomic E-state index is 11.3. The predicted molar refractivity (Wildman–Crippen MR) is 62.8 cm³/mol. The van der Waals surface area contributed by atoms with Gasteiger partial charge >= 0.3 is 12.0 Å². The number of hydrogen-bond donors (Lipinski definition) is 4. The second-order valence-corrected chi connectivity index (χ2v) is 3.98. The molecule has 0 saturated carbocycles. The maximum Gasteiger partial charge on any atom is 0.326 e. The lowest BCUT2D eigenvalue weighted by Gasteiger charge is -2.18. The molecule has 3 amide bonds. The first kappa shape index (κ1) is 16.2. The molecule has 0 aliphatic carbocycles. The van der Waals surface area contributed by atoms with Crippen LogP contribution in [0.2, 0.25) is 0 Å². The number of ether oxygens (including phenoxy) is 1. The van der Waals surface area contributed by atoms with E-state index in [-0.39, 0.29) is 25.7 Å². The molecule has 18 heavy (non-hydrogen) atoms. The van der Waals surface area contributed by atoms with Crippen molar-refractivity contribution in [3.63, 3.8) is 0 Å². The van der Waals surface area contributed by atoms with E-state index >= 15 is 0 Å². The lowest BCUT2D eigenvalue weighted by Crippen LogP contribution is -2.49. The molecule has 0 aromatic heterocycles. The molecule has 0 saturated heterocycles. The Labute approximate surface area is 105 Å². The number of amides is 3. The Morgan fingerprint density at radius 2 is 1.94 bits per heavy atom. The van der Waals surface area contributed by atoms with Crippen molar-refractivity contribution in [3.05, 3.63) is 0 Å². The summed E-state index contributed by atoms with van der Waals surface area (Å²) in [6.07, 6.45) is 0. The zero-order valence-corrected chi connectivity index (χ0v) is 10.4. The van der Waals surface area contributed by atoms with Gasteiger partial charge in [0.05, 0.1) is 6.61 Å². The summed E-state index contributed by atoms with van der Waals surface area (Å²) in [5.74, 6) is -1.91. The van der Waals surface area contributed by atoms with Gasteiger partial charge in [-0.3, -0.25) is 4.79 Å². The lowest BCUT2D eigenvalue weighted by atomic mass is 10.1. The van der Waals surface area contributed by atoms with Gasteiger partial charge in [-0.15, -0.1) is 0 Å². The van der Waals surface area contributed by atoms with Crippen LogP contribution in [0.15, 0.2) is 0 Å². The molecule has 0 spiro atoms. The summed E-state index contributed by atoms with van der Waals surface area (Å²) < 4.78 is 4.81. The molecule has 0 aliphatic heterocycles. The summed E-state index contributed by atoms with van der Waals surface area (Å²) in [6.45, 7) is 3.44. The van der Waals surface area contributed by atoms with Crippen LogP contribution in [0, 0.1) is 5.92 Å². The number of carboxylic acids is 1. The van der Waals surface area contributed by atoms with E-state index in [9.17, 15) is 14.4 Å². The molecule has 104 valence electrons. The van der Waals surface area contributed by atoms with Gasteiger partial charge in [-0.25, -0.2) is 9.59 Å². The van der Waals surface area contributed by atoms with Crippen LogP contribution < -0.4 is 16.4 Å². The van der Waals surface area contributed by atoms with Crippen molar-refractivity contribution in [3.8, 4) is 0 Å². The summed E-state index contributed by atoms with van der Waals surface area (Å²) in [4.78, 5) is 32.5. The third-order valence-corrected chi connectivity index (χ3v) is 2.00. The van der Waals surface area contributed by atoms with E-state index in [1.807, 2.05) is 0 Å². The quantitative estimate of drug-likeness (QED) is 0.412. The van der Waals surface area contributed by atoms with Crippen LogP contribution in [0.1, 0.15) is 13.8 Å². The Morgan fingerprint density at radius 3 is 2.39 bits per heavy atom. The van der Waals surface area contributed by atoms with Crippen molar-refractivity contribution < 1.29 is 24.2 Å². The SMILES string of the molecule is CC(C)C(NC(=O)NCCOCC(N)=O)C(=O)O. The molecule has 1 unspecified atom stereocenters. The molecule has 8 heteroatoms. The second kappa shape index (κ2) is 8.29. The van der Waals surface area contributed by atoms with Gasteiger partial charge in [-0.1, -0.05) is 13.8 Å². The van der Waals surface area contributed by atoms with E-state index in [1.165, 1.54) is 0 Å². The van der Waals surface area contributed by atoms with Crippen LogP contribution in [0.25, 0.3) is 0 Å². The maximum absolute atomic E-state index is 11.3. The fourth-order valence-corrected chi connectivity index (χ4v) is 1.12. The molecule has 0 rings (SSSR count). The molecule has 0 fully saturated rings. The minimum absolute atomic E-state index is 0.121. The number of urea groups is 1. The highest BCUT2D eigenvalue weighted by molar-refractivity contribution is 5.82.